The summed E-state index contributed by atoms with van der Waals surface area (Å²) in [6.45, 7) is 6.99. The molecule has 2 heteroatoms. The quantitative estimate of drug-likeness (QED) is 0.196. The van der Waals surface area contributed by atoms with Gasteiger partial charge in [-0.3, -0.25) is 0 Å². The van der Waals surface area contributed by atoms with E-state index in [2.05, 4.69) is 55.8 Å². The van der Waals surface area contributed by atoms with Gasteiger partial charge in [0.2, 0.25) is 0 Å². The summed E-state index contributed by atoms with van der Waals surface area (Å²) in [6.07, 6.45) is 38.0. The van der Waals surface area contributed by atoms with Gasteiger partial charge in [-0.15, -0.1) is 0 Å². The molecule has 2 nitrogen and oxygen atoms in total. The van der Waals surface area contributed by atoms with Crippen molar-refractivity contribution in [1.82, 2.24) is 9.55 Å². The highest BCUT2D eigenvalue weighted by molar-refractivity contribution is 5.18. The summed E-state index contributed by atoms with van der Waals surface area (Å²) in [7, 11) is 0. The fraction of sp³-hybridized carbons (Fsp3) is 0.767. The molecule has 0 amide bonds. The van der Waals surface area contributed by atoms with Crippen LogP contribution in [0.3, 0.4) is 0 Å². The standard InChI is InChI=1S/C30H52N2/c1-4-6-7-8-9-10-11-12-13-14-15-16-17-19-22-28(3)32-26-25-31-29(32)27-30(5-2)23-20-18-21-24-30/h18,20-21,23,25-26,28H,4-17,19,22,24,27H2,1-3H3. The number of aromatic nitrogens is 2. The second-order valence-electron chi connectivity index (χ2n) is 10.4. The molecular weight excluding hydrogens is 388 g/mol. The maximum absolute atomic E-state index is 4.75. The van der Waals surface area contributed by atoms with E-state index in [1.807, 2.05) is 6.20 Å². The Balaban J connectivity index is 1.52. The van der Waals surface area contributed by atoms with Gasteiger partial charge in [0.05, 0.1) is 0 Å². The lowest BCUT2D eigenvalue weighted by atomic mass is 9.76. The van der Waals surface area contributed by atoms with Crippen LogP contribution in [-0.4, -0.2) is 9.55 Å². The van der Waals surface area contributed by atoms with Gasteiger partial charge in [-0.2, -0.15) is 0 Å². The summed E-state index contributed by atoms with van der Waals surface area (Å²) in [4.78, 5) is 4.75. The van der Waals surface area contributed by atoms with Crippen LogP contribution in [-0.2, 0) is 6.42 Å². The number of nitrogens with zero attached hydrogens (tertiary/aromatic N) is 2. The van der Waals surface area contributed by atoms with E-state index in [1.165, 1.54) is 109 Å². The fourth-order valence-electron chi connectivity index (χ4n) is 5.20. The highest BCUT2D eigenvalue weighted by atomic mass is 15.1. The molecule has 0 aliphatic heterocycles. The van der Waals surface area contributed by atoms with Gasteiger partial charge in [0.25, 0.3) is 0 Å². The molecule has 0 radical (unpaired) electrons. The minimum atomic E-state index is 0.257. The van der Waals surface area contributed by atoms with E-state index >= 15 is 0 Å². The van der Waals surface area contributed by atoms with Gasteiger partial charge in [-0.05, 0) is 31.6 Å². The van der Waals surface area contributed by atoms with Crippen LogP contribution >= 0.6 is 0 Å². The Morgan fingerprint density at radius 3 is 1.97 bits per heavy atom. The van der Waals surface area contributed by atoms with Crippen molar-refractivity contribution in [2.75, 3.05) is 0 Å². The first-order valence-electron chi connectivity index (χ1n) is 14.1. The van der Waals surface area contributed by atoms with Crippen LogP contribution in [0.5, 0.6) is 0 Å². The lowest BCUT2D eigenvalue weighted by Gasteiger charge is -2.30. The number of hydrogen-bond acceptors (Lipinski definition) is 1. The first kappa shape index (κ1) is 26.9. The smallest absolute Gasteiger partial charge is 0.109 e. The molecule has 0 saturated heterocycles. The van der Waals surface area contributed by atoms with Gasteiger partial charge < -0.3 is 4.57 Å². The number of allylic oxidation sites excluding steroid dienone is 4. The summed E-state index contributed by atoms with van der Waals surface area (Å²) in [6, 6.07) is 0.557. The van der Waals surface area contributed by atoms with E-state index in [1.54, 1.807) is 0 Å². The average molecular weight is 441 g/mol. The van der Waals surface area contributed by atoms with Gasteiger partial charge in [-0.25, -0.2) is 4.98 Å². The topological polar surface area (TPSA) is 17.8 Å². The van der Waals surface area contributed by atoms with Crippen molar-refractivity contribution in [2.45, 2.75) is 142 Å². The van der Waals surface area contributed by atoms with Gasteiger partial charge in [-0.1, -0.05) is 128 Å². The third-order valence-electron chi connectivity index (χ3n) is 7.63. The third kappa shape index (κ3) is 10.1. The molecule has 0 saturated carbocycles. The largest absolute Gasteiger partial charge is 0.332 e. The van der Waals surface area contributed by atoms with Crippen molar-refractivity contribution in [1.29, 1.82) is 0 Å². The number of rotatable bonds is 19. The zero-order valence-electron chi connectivity index (χ0n) is 21.7. The monoisotopic (exact) mass is 440 g/mol. The average Bonchev–Trinajstić information content (AvgIpc) is 3.27. The van der Waals surface area contributed by atoms with E-state index in [0.717, 1.165) is 12.8 Å². The predicted octanol–water partition coefficient (Wildman–Crippen LogP) is 9.77. The highest BCUT2D eigenvalue weighted by Gasteiger charge is 2.27. The van der Waals surface area contributed by atoms with Crippen LogP contribution in [0, 0.1) is 5.41 Å². The second kappa shape index (κ2) is 16.3. The molecule has 1 aliphatic rings. The molecule has 0 bridgehead atoms. The molecule has 2 rings (SSSR count). The van der Waals surface area contributed by atoms with Crippen molar-refractivity contribution < 1.29 is 0 Å². The Morgan fingerprint density at radius 2 is 1.44 bits per heavy atom. The minimum Gasteiger partial charge on any atom is -0.332 e. The van der Waals surface area contributed by atoms with E-state index in [-0.39, 0.29) is 5.41 Å². The van der Waals surface area contributed by atoms with Crippen LogP contribution in [0.15, 0.2) is 36.7 Å². The molecule has 1 aromatic rings. The maximum atomic E-state index is 4.75. The minimum absolute atomic E-state index is 0.257. The number of unbranched alkanes of at least 4 members (excludes halogenated alkanes) is 13. The molecular formula is C30H52N2. The van der Waals surface area contributed by atoms with E-state index in [4.69, 9.17) is 4.98 Å². The molecule has 1 aromatic heterocycles. The Hall–Kier alpha value is -1.31. The van der Waals surface area contributed by atoms with Gasteiger partial charge in [0.15, 0.2) is 0 Å². The second-order valence-corrected chi connectivity index (χ2v) is 10.4. The molecule has 32 heavy (non-hydrogen) atoms. The number of hydrogen-bond donors (Lipinski definition) is 0. The number of imidazole rings is 1. The van der Waals surface area contributed by atoms with E-state index in [9.17, 15) is 0 Å². The lowest BCUT2D eigenvalue weighted by Crippen LogP contribution is -2.23. The van der Waals surface area contributed by atoms with Gasteiger partial charge >= 0.3 is 0 Å². The van der Waals surface area contributed by atoms with Gasteiger partial charge in [0.1, 0.15) is 5.82 Å². The fourth-order valence-corrected chi connectivity index (χ4v) is 5.20. The first-order chi connectivity index (χ1) is 15.7. The predicted molar refractivity (Wildman–Crippen MR) is 141 cm³/mol. The zero-order chi connectivity index (χ0) is 22.9. The van der Waals surface area contributed by atoms with Crippen LogP contribution in [0.2, 0.25) is 0 Å². The molecule has 2 unspecified atom stereocenters. The Bertz CT molecular complexity index is 641. The molecule has 0 N–H and O–H groups in total. The Morgan fingerprint density at radius 1 is 0.844 bits per heavy atom. The van der Waals surface area contributed by atoms with Crippen molar-refractivity contribution in [3.8, 4) is 0 Å². The summed E-state index contributed by atoms with van der Waals surface area (Å²) in [5.41, 5.74) is 0.257. The van der Waals surface area contributed by atoms with Crippen LogP contribution < -0.4 is 0 Å². The Kier molecular flexibility index (Phi) is 13.7. The molecule has 1 aliphatic carbocycles. The molecule has 1 heterocycles. The summed E-state index contributed by atoms with van der Waals surface area (Å²) >= 11 is 0. The van der Waals surface area contributed by atoms with Crippen molar-refractivity contribution in [2.24, 2.45) is 5.41 Å². The SMILES string of the molecule is CCCCCCCCCCCCCCCCC(C)n1ccnc1CC1(CC)C=CC=CC1. The normalized spacial score (nSPS) is 19.0. The van der Waals surface area contributed by atoms with Crippen molar-refractivity contribution in [3.63, 3.8) is 0 Å². The maximum Gasteiger partial charge on any atom is 0.109 e. The highest BCUT2D eigenvalue weighted by Crippen LogP contribution is 2.35. The van der Waals surface area contributed by atoms with E-state index in [0.29, 0.717) is 6.04 Å². The van der Waals surface area contributed by atoms with Gasteiger partial charge in [0, 0.05) is 24.9 Å². The molecule has 182 valence electrons. The summed E-state index contributed by atoms with van der Waals surface area (Å²) in [5, 5.41) is 0. The molecule has 0 spiro atoms. The van der Waals surface area contributed by atoms with Crippen molar-refractivity contribution in [3.05, 3.63) is 42.5 Å². The van der Waals surface area contributed by atoms with Crippen LogP contribution in [0.25, 0.3) is 0 Å². The first-order valence-corrected chi connectivity index (χ1v) is 14.1. The summed E-state index contributed by atoms with van der Waals surface area (Å²) in [5.74, 6) is 1.27. The van der Waals surface area contributed by atoms with E-state index < -0.39 is 0 Å². The molecule has 0 fully saturated rings. The van der Waals surface area contributed by atoms with Crippen LogP contribution in [0.4, 0.5) is 0 Å². The Labute approximate surface area is 200 Å². The van der Waals surface area contributed by atoms with Crippen LogP contribution in [0.1, 0.15) is 142 Å². The molecule has 0 aromatic carbocycles. The summed E-state index contributed by atoms with van der Waals surface area (Å²) < 4.78 is 2.45. The lowest BCUT2D eigenvalue weighted by molar-refractivity contribution is 0.342. The zero-order valence-corrected chi connectivity index (χ0v) is 21.7. The molecule has 2 atom stereocenters. The third-order valence-corrected chi connectivity index (χ3v) is 7.63. The van der Waals surface area contributed by atoms with Crippen molar-refractivity contribution >= 4 is 0 Å².